The van der Waals surface area contributed by atoms with Gasteiger partial charge in [0.15, 0.2) is 24.3 Å². The van der Waals surface area contributed by atoms with E-state index in [2.05, 4.69) is 6.92 Å². The van der Waals surface area contributed by atoms with Gasteiger partial charge < -0.3 is 75.8 Å². The maximum atomic E-state index is 12.6. The van der Waals surface area contributed by atoms with Crippen molar-refractivity contribution < 1.29 is 151 Å². The molecule has 25 rings (SSSR count). The van der Waals surface area contributed by atoms with Gasteiger partial charge in [-0.1, -0.05) is 61.8 Å². The van der Waals surface area contributed by atoms with Crippen LogP contribution in [0.1, 0.15) is 397 Å². The topological polar surface area (TPSA) is 413 Å². The van der Waals surface area contributed by atoms with Gasteiger partial charge in [-0.05, 0) is 306 Å². The first-order valence-electron chi connectivity index (χ1n) is 54.4. The second kappa shape index (κ2) is 40.3. The zero-order valence-electron chi connectivity index (χ0n) is 89.4. The number of fused-ring (bicyclic) bond motifs is 9. The second-order valence-corrected chi connectivity index (χ2v) is 53.8. The van der Waals surface area contributed by atoms with Crippen LogP contribution in [0.2, 0.25) is 0 Å². The average molecular weight is 2030 g/mol. The highest BCUT2D eigenvalue weighted by atomic mass is 32.2. The van der Waals surface area contributed by atoms with E-state index in [0.29, 0.717) is 119 Å². The number of carbonyl (C=O) groups is 13. The molecule has 804 valence electrons. The molecule has 0 aromatic carbocycles. The molecular weight excluding hydrogens is 1870 g/mol. The molecule has 13 saturated heterocycles. The Bertz CT molecular complexity index is 4910. The van der Waals surface area contributed by atoms with Gasteiger partial charge in [-0.25, -0.2) is 14.4 Å². The summed E-state index contributed by atoms with van der Waals surface area (Å²) in [6.07, 6.45) is 26.0. The highest BCUT2D eigenvalue weighted by Crippen LogP contribution is 2.63. The molecule has 18 bridgehead atoms. The molecule has 1 spiro atoms. The number of esters is 13. The van der Waals surface area contributed by atoms with Crippen molar-refractivity contribution in [2.75, 3.05) is 0 Å². The van der Waals surface area contributed by atoms with Crippen molar-refractivity contribution >= 4 is 87.7 Å². The van der Waals surface area contributed by atoms with Gasteiger partial charge in [-0.3, -0.25) is 52.1 Å². The van der Waals surface area contributed by atoms with E-state index in [9.17, 15) is 70.7 Å². The van der Waals surface area contributed by atoms with Crippen molar-refractivity contribution in [2.24, 2.45) is 108 Å². The van der Waals surface area contributed by atoms with Crippen LogP contribution in [-0.4, -0.2) is 193 Å². The molecule has 0 amide bonds. The summed E-state index contributed by atoms with van der Waals surface area (Å²) in [5, 5.41) is -0.364. The predicted molar refractivity (Wildman–Crippen MR) is 513 cm³/mol. The standard InChI is InChI=1S/C18H26O7.C18H28O4.3C16H24O4.C13H20O5S.C13H20O4/c1-4-17(2,3)16(20)23-12-10-11(21-14(12)19)13-15(22-10)25-18(24-13)8-6-5-7-9-18;1-6-15(2,3)14(20)22-18-8-12-7-16(4,10-18)9-17(5,11-18)21-13(12)19;1-4-15(2,3)13(17)20-16-8-10-5-11(9-16)7-12(6-10)19-14(16)18;1-4-15(2,3)14(18)20-16-8-10-5-11(9-16)7-12(6-10)13(17)19-16;1-4-15(2,3)14(18)20-16-7-10-5-11(8-16)13(17)19-12(6-10)9-16;1-4-13(2,3)12(14)17-10-7-5-8-9(6-7)19(15,16)18-11(8)10;1-4-13(2,3)12(15)17-10-8-6-5-7-9(8)16-11(10)14/h10-13,15H,4-9H2,1-3H3;12H,6-11H2,1-5H3;3*10-12H,4-9H2,1-3H3;7-11H,4-6H2,1-3H3;8-10H,4-7H2,1-3H3. The molecule has 32 nitrogen and oxygen atoms in total. The summed E-state index contributed by atoms with van der Waals surface area (Å²) in [5.41, 5.74) is -6.17. The van der Waals surface area contributed by atoms with E-state index in [0.717, 1.165) is 141 Å². The van der Waals surface area contributed by atoms with Gasteiger partial charge in [0.05, 0.1) is 60.9 Å². The lowest BCUT2D eigenvalue weighted by Gasteiger charge is -2.54. The van der Waals surface area contributed by atoms with Crippen LogP contribution in [0.5, 0.6) is 0 Å². The minimum Gasteiger partial charge on any atom is -0.462 e. The van der Waals surface area contributed by atoms with E-state index in [1.54, 1.807) is 13.8 Å². The van der Waals surface area contributed by atoms with E-state index in [-0.39, 0.29) is 136 Å². The molecule has 25 unspecified atom stereocenters. The monoisotopic (exact) mass is 2030 g/mol. The molecule has 12 aliphatic carbocycles. The summed E-state index contributed by atoms with van der Waals surface area (Å²) in [5.74, 6) is -2.47. The normalized spacial score (nSPS) is 39.6. The van der Waals surface area contributed by atoms with Crippen LogP contribution in [-0.2, 0) is 152 Å². The fourth-order valence-corrected chi connectivity index (χ4v) is 28.7. The fraction of sp³-hybridized carbons (Fsp3) is 0.882. The van der Waals surface area contributed by atoms with E-state index < -0.39 is 137 Å². The smallest absolute Gasteiger partial charge is 0.350 e. The van der Waals surface area contributed by atoms with Crippen LogP contribution in [0.4, 0.5) is 0 Å². The number of hydrogen-bond acceptors (Lipinski definition) is 32. The van der Waals surface area contributed by atoms with Crippen molar-refractivity contribution in [3.8, 4) is 0 Å². The van der Waals surface area contributed by atoms with Crippen molar-refractivity contribution in [3.63, 3.8) is 0 Å². The van der Waals surface area contributed by atoms with Gasteiger partial charge >= 0.3 is 77.6 Å². The van der Waals surface area contributed by atoms with E-state index in [1.165, 1.54) is 6.42 Å². The highest BCUT2D eigenvalue weighted by Gasteiger charge is 2.70. The van der Waals surface area contributed by atoms with E-state index in [4.69, 9.17) is 80.0 Å². The minimum atomic E-state index is -3.43. The van der Waals surface area contributed by atoms with Crippen LogP contribution in [0.25, 0.3) is 0 Å². The maximum Gasteiger partial charge on any atom is 0.350 e. The zero-order chi connectivity index (χ0) is 104. The third kappa shape index (κ3) is 22.7. The average Bonchev–Trinajstić information content (AvgIpc) is 1.58. The highest BCUT2D eigenvalue weighted by molar-refractivity contribution is 7.87. The number of carbonyl (C=O) groups excluding carboxylic acids is 13. The lowest BCUT2D eigenvalue weighted by Crippen LogP contribution is -2.56. The van der Waals surface area contributed by atoms with Gasteiger partial charge in [-0.15, -0.1) is 0 Å². The summed E-state index contributed by atoms with van der Waals surface area (Å²) >= 11 is 0. The van der Waals surface area contributed by atoms with Gasteiger partial charge in [0, 0.05) is 82.0 Å². The molecule has 13 aliphatic heterocycles. The predicted octanol–water partition coefficient (Wildman–Crippen LogP) is 17.9. The van der Waals surface area contributed by atoms with Crippen molar-refractivity contribution in [1.82, 2.24) is 0 Å². The fourth-order valence-electron chi connectivity index (χ4n) is 26.8. The van der Waals surface area contributed by atoms with Gasteiger partial charge in [-0.2, -0.15) is 8.42 Å². The third-order valence-corrected chi connectivity index (χ3v) is 39.3. The Labute approximate surface area is 845 Å². The lowest BCUT2D eigenvalue weighted by atomic mass is 9.55. The summed E-state index contributed by atoms with van der Waals surface area (Å²) in [4.78, 5) is 159. The number of rotatable bonds is 21. The first kappa shape index (κ1) is 110. The zero-order valence-corrected chi connectivity index (χ0v) is 90.2. The molecule has 0 aromatic heterocycles. The number of ether oxygens (including phenoxy) is 16. The summed E-state index contributed by atoms with van der Waals surface area (Å²) < 4.78 is 120. The molecule has 12 saturated carbocycles. The maximum absolute atomic E-state index is 12.6. The van der Waals surface area contributed by atoms with E-state index >= 15 is 0 Å². The Kier molecular flexibility index (Phi) is 31.0. The Morgan fingerprint density at radius 2 is 0.867 bits per heavy atom. The molecule has 13 heterocycles. The van der Waals surface area contributed by atoms with Crippen molar-refractivity contribution in [3.05, 3.63) is 0 Å². The molecule has 25 fully saturated rings. The molecule has 0 aromatic rings. The van der Waals surface area contributed by atoms with Crippen LogP contribution < -0.4 is 0 Å². The molecule has 0 radical (unpaired) electrons. The quantitative estimate of drug-likeness (QED) is 0.0585. The van der Waals surface area contributed by atoms with Crippen molar-refractivity contribution in [1.29, 1.82) is 0 Å². The molecule has 25 aliphatic rings. The van der Waals surface area contributed by atoms with Gasteiger partial charge in [0.2, 0.25) is 17.8 Å². The largest absolute Gasteiger partial charge is 0.462 e. The Morgan fingerprint density at radius 1 is 0.378 bits per heavy atom. The van der Waals surface area contributed by atoms with E-state index in [1.807, 2.05) is 138 Å². The SMILES string of the molecule is CCC(C)(C)C(=O)OC12CC3CC(C)(CC(C)(C1)OC3=O)C2.CCC(C)(C)C(=O)OC12CC3CC(C1)OC(=O)C(C3)C2.CCC(C)(C)C(=O)OC12CC3CC(CC(C3)C(=O)O1)C2.CCC(C)(C)C(=O)OC12CC3CC(CC(C3)OC1=O)C2.CCC(C)(C)C(=O)OC1C(=O)OC2C3OC4(CCCCC4)OC3OC12.CCC(C)(C)C(=O)OC1C(=O)OC2CCCC21.CCC(C)(C)C(=O)OC1C2CC3C1OS(=O)(=O)C3C2. The Balaban J connectivity index is 0.000000126. The van der Waals surface area contributed by atoms with Crippen LogP contribution in [0, 0.1) is 108 Å². The van der Waals surface area contributed by atoms with Crippen LogP contribution in [0.15, 0.2) is 0 Å². The lowest BCUT2D eigenvalue weighted by molar-refractivity contribution is -0.247. The van der Waals surface area contributed by atoms with Crippen molar-refractivity contribution in [2.45, 2.75) is 503 Å². The summed E-state index contributed by atoms with van der Waals surface area (Å²) in [6.45, 7) is 44.1. The molecule has 25 atom stereocenters. The van der Waals surface area contributed by atoms with Crippen LogP contribution >= 0.6 is 0 Å². The minimum absolute atomic E-state index is 0.0231. The molecule has 33 heteroatoms. The summed E-state index contributed by atoms with van der Waals surface area (Å²) in [7, 11) is -3.43. The van der Waals surface area contributed by atoms with Crippen LogP contribution in [0.3, 0.4) is 0 Å². The Hall–Kier alpha value is -7.10. The number of hydrogen-bond donors (Lipinski definition) is 0. The molecule has 0 N–H and O–H groups in total. The van der Waals surface area contributed by atoms with Gasteiger partial charge in [0.1, 0.15) is 53.4 Å². The summed E-state index contributed by atoms with van der Waals surface area (Å²) in [6, 6.07) is 0. The second-order valence-electron chi connectivity index (χ2n) is 52.0. The molecule has 143 heavy (non-hydrogen) atoms. The molecular formula is C110H166O32S. The Morgan fingerprint density at radius 3 is 1.44 bits per heavy atom. The van der Waals surface area contributed by atoms with Gasteiger partial charge in [0.25, 0.3) is 15.9 Å². The first-order chi connectivity index (χ1) is 66.6. The first-order valence-corrected chi connectivity index (χ1v) is 55.8. The third-order valence-electron chi connectivity index (χ3n) is 37.5.